The first-order valence-corrected chi connectivity index (χ1v) is 8.05. The van der Waals surface area contributed by atoms with Crippen molar-refractivity contribution in [1.29, 1.82) is 0 Å². The number of H-pyrrole nitrogens is 1. The van der Waals surface area contributed by atoms with E-state index in [0.29, 0.717) is 12.2 Å². The molecule has 1 aromatic heterocycles. The molecule has 0 aliphatic carbocycles. The molecule has 0 fully saturated rings. The van der Waals surface area contributed by atoms with Crippen LogP contribution < -0.4 is 4.74 Å². The number of aromatic nitrogens is 1. The van der Waals surface area contributed by atoms with E-state index in [2.05, 4.69) is 9.88 Å². The molecule has 24 heavy (non-hydrogen) atoms. The molecular formula is C18H24N2O4. The van der Waals surface area contributed by atoms with Gasteiger partial charge in [-0.1, -0.05) is 6.07 Å². The maximum atomic E-state index is 12.0. The molecule has 1 N–H and O–H groups in total. The standard InChI is InChI=1S/C18H24N2O4/c1-13(21)23-11-5-8-17(22)24-16-7-4-6-15-18(16)14(12-19-15)9-10-20(2)3/h4,6-7,12,19H,5,8-11H2,1-3H3. The Balaban J connectivity index is 2.03. The monoisotopic (exact) mass is 332 g/mol. The van der Waals surface area contributed by atoms with Gasteiger partial charge in [-0.05, 0) is 44.6 Å². The number of hydrogen-bond donors (Lipinski definition) is 1. The molecule has 0 aliphatic rings. The van der Waals surface area contributed by atoms with E-state index < -0.39 is 0 Å². The van der Waals surface area contributed by atoms with E-state index in [4.69, 9.17) is 9.47 Å². The van der Waals surface area contributed by atoms with Gasteiger partial charge < -0.3 is 19.4 Å². The van der Waals surface area contributed by atoms with Crippen molar-refractivity contribution in [2.45, 2.75) is 26.2 Å². The Bertz CT molecular complexity index is 706. The van der Waals surface area contributed by atoms with Gasteiger partial charge in [-0.25, -0.2) is 0 Å². The van der Waals surface area contributed by atoms with Gasteiger partial charge in [-0.2, -0.15) is 0 Å². The molecule has 1 aromatic carbocycles. The average Bonchev–Trinajstić information content (AvgIpc) is 2.93. The lowest BCUT2D eigenvalue weighted by atomic mass is 10.1. The maximum absolute atomic E-state index is 12.0. The van der Waals surface area contributed by atoms with Crippen molar-refractivity contribution >= 4 is 22.8 Å². The summed E-state index contributed by atoms with van der Waals surface area (Å²) in [6, 6.07) is 5.63. The van der Waals surface area contributed by atoms with Gasteiger partial charge in [0.1, 0.15) is 5.75 Å². The Labute approximate surface area is 141 Å². The summed E-state index contributed by atoms with van der Waals surface area (Å²) in [5.74, 6) is -0.0969. The summed E-state index contributed by atoms with van der Waals surface area (Å²) in [4.78, 5) is 28.1. The fraction of sp³-hybridized carbons (Fsp3) is 0.444. The minimum atomic E-state index is -0.342. The highest BCUT2D eigenvalue weighted by molar-refractivity contribution is 5.91. The van der Waals surface area contributed by atoms with Crippen molar-refractivity contribution < 1.29 is 19.1 Å². The average molecular weight is 332 g/mol. The van der Waals surface area contributed by atoms with Crippen LogP contribution in [-0.4, -0.2) is 49.1 Å². The maximum Gasteiger partial charge on any atom is 0.311 e. The lowest BCUT2D eigenvalue weighted by Crippen LogP contribution is -2.15. The third-order valence-corrected chi connectivity index (χ3v) is 3.63. The number of carbonyl (C=O) groups excluding carboxylic acids is 2. The van der Waals surface area contributed by atoms with E-state index in [9.17, 15) is 9.59 Å². The van der Waals surface area contributed by atoms with Crippen LogP contribution in [0.1, 0.15) is 25.3 Å². The number of hydrogen-bond acceptors (Lipinski definition) is 5. The molecule has 0 atom stereocenters. The quantitative estimate of drug-likeness (QED) is 0.457. The Morgan fingerprint density at radius 2 is 2.04 bits per heavy atom. The second-order valence-electron chi connectivity index (χ2n) is 5.96. The van der Waals surface area contributed by atoms with Gasteiger partial charge in [0.2, 0.25) is 0 Å². The molecule has 0 amide bonds. The molecule has 0 radical (unpaired) electrons. The summed E-state index contributed by atoms with van der Waals surface area (Å²) in [5, 5.41) is 0.952. The van der Waals surface area contributed by atoms with Crippen molar-refractivity contribution in [3.05, 3.63) is 30.0 Å². The molecule has 0 bridgehead atoms. The van der Waals surface area contributed by atoms with Crippen molar-refractivity contribution in [3.63, 3.8) is 0 Å². The van der Waals surface area contributed by atoms with Crippen LogP contribution in [0.15, 0.2) is 24.4 Å². The Kier molecular flexibility index (Phi) is 6.37. The van der Waals surface area contributed by atoms with Crippen molar-refractivity contribution in [1.82, 2.24) is 9.88 Å². The minimum Gasteiger partial charge on any atom is -0.466 e. The summed E-state index contributed by atoms with van der Waals surface area (Å²) in [6.45, 7) is 2.49. The number of aromatic amines is 1. The first kappa shape index (κ1) is 18.0. The van der Waals surface area contributed by atoms with Crippen LogP contribution in [0.2, 0.25) is 0 Å². The van der Waals surface area contributed by atoms with Gasteiger partial charge in [0.15, 0.2) is 0 Å². The predicted octanol–water partition coefficient (Wildman–Crippen LogP) is 2.52. The highest BCUT2D eigenvalue weighted by atomic mass is 16.5. The van der Waals surface area contributed by atoms with Crippen LogP contribution in [0.4, 0.5) is 0 Å². The van der Waals surface area contributed by atoms with E-state index in [1.54, 1.807) is 6.07 Å². The van der Waals surface area contributed by atoms with Crippen molar-refractivity contribution in [3.8, 4) is 5.75 Å². The van der Waals surface area contributed by atoms with Gasteiger partial charge in [0.05, 0.1) is 6.61 Å². The first-order valence-electron chi connectivity index (χ1n) is 8.05. The summed E-state index contributed by atoms with van der Waals surface area (Å²) < 4.78 is 10.3. The van der Waals surface area contributed by atoms with Gasteiger partial charge >= 0.3 is 11.9 Å². The van der Waals surface area contributed by atoms with Crippen LogP contribution in [0.25, 0.3) is 10.9 Å². The Morgan fingerprint density at radius 1 is 1.25 bits per heavy atom. The fourth-order valence-electron chi connectivity index (χ4n) is 2.45. The molecular weight excluding hydrogens is 308 g/mol. The molecule has 0 saturated heterocycles. The molecule has 1 heterocycles. The first-order chi connectivity index (χ1) is 11.5. The normalized spacial score (nSPS) is 11.0. The number of esters is 2. The zero-order chi connectivity index (χ0) is 17.5. The molecule has 2 aromatic rings. The van der Waals surface area contributed by atoms with Gasteiger partial charge in [0.25, 0.3) is 0 Å². The van der Waals surface area contributed by atoms with Crippen molar-refractivity contribution in [2.24, 2.45) is 0 Å². The zero-order valence-electron chi connectivity index (χ0n) is 14.4. The Morgan fingerprint density at radius 3 is 2.75 bits per heavy atom. The highest BCUT2D eigenvalue weighted by Crippen LogP contribution is 2.29. The van der Waals surface area contributed by atoms with Gasteiger partial charge in [-0.15, -0.1) is 0 Å². The smallest absolute Gasteiger partial charge is 0.311 e. The Hall–Kier alpha value is -2.34. The predicted molar refractivity (Wildman–Crippen MR) is 92.1 cm³/mol. The number of benzene rings is 1. The second kappa shape index (κ2) is 8.49. The number of likely N-dealkylation sites (N-methyl/N-ethyl adjacent to an activating group) is 1. The summed E-state index contributed by atoms with van der Waals surface area (Å²) >= 11 is 0. The summed E-state index contributed by atoms with van der Waals surface area (Å²) in [7, 11) is 4.05. The molecule has 0 unspecified atom stereocenters. The van der Waals surface area contributed by atoms with Crippen LogP contribution in [0.5, 0.6) is 5.75 Å². The number of fused-ring (bicyclic) bond motifs is 1. The number of rotatable bonds is 8. The molecule has 130 valence electrons. The number of carbonyl (C=O) groups is 2. The van der Waals surface area contributed by atoms with E-state index in [1.807, 2.05) is 32.4 Å². The third-order valence-electron chi connectivity index (χ3n) is 3.63. The molecule has 2 rings (SSSR count). The topological polar surface area (TPSA) is 71.6 Å². The largest absolute Gasteiger partial charge is 0.466 e. The summed E-state index contributed by atoms with van der Waals surface area (Å²) in [6.07, 6.45) is 3.50. The highest BCUT2D eigenvalue weighted by Gasteiger charge is 2.13. The molecule has 6 nitrogen and oxygen atoms in total. The van der Waals surface area contributed by atoms with Crippen molar-refractivity contribution in [2.75, 3.05) is 27.2 Å². The number of ether oxygens (including phenoxy) is 2. The number of nitrogens with one attached hydrogen (secondary N) is 1. The van der Waals surface area contributed by atoms with Gasteiger partial charge in [0, 0.05) is 37.0 Å². The molecule has 0 spiro atoms. The van der Waals surface area contributed by atoms with Gasteiger partial charge in [-0.3, -0.25) is 9.59 Å². The minimum absolute atomic E-state index is 0.209. The van der Waals surface area contributed by atoms with E-state index in [1.165, 1.54) is 6.92 Å². The SMILES string of the molecule is CC(=O)OCCCC(=O)Oc1cccc2[nH]cc(CCN(C)C)c12. The lowest BCUT2D eigenvalue weighted by Gasteiger charge is -2.10. The van der Waals surface area contributed by atoms with E-state index in [-0.39, 0.29) is 25.0 Å². The molecule has 0 aliphatic heterocycles. The number of nitrogens with zero attached hydrogens (tertiary/aromatic N) is 1. The van der Waals surface area contributed by atoms with Crippen LogP contribution in [0, 0.1) is 0 Å². The second-order valence-corrected chi connectivity index (χ2v) is 5.96. The van der Waals surface area contributed by atoms with Crippen LogP contribution >= 0.6 is 0 Å². The van der Waals surface area contributed by atoms with Crippen LogP contribution in [0.3, 0.4) is 0 Å². The van der Waals surface area contributed by atoms with E-state index in [0.717, 1.165) is 29.4 Å². The third kappa shape index (κ3) is 5.09. The fourth-order valence-corrected chi connectivity index (χ4v) is 2.45. The summed E-state index contributed by atoms with van der Waals surface area (Å²) in [5.41, 5.74) is 2.08. The zero-order valence-corrected chi connectivity index (χ0v) is 14.4. The van der Waals surface area contributed by atoms with Crippen LogP contribution in [-0.2, 0) is 20.7 Å². The molecule has 0 saturated carbocycles. The van der Waals surface area contributed by atoms with E-state index >= 15 is 0 Å². The molecule has 6 heteroatoms. The lowest BCUT2D eigenvalue weighted by molar-refractivity contribution is -0.142.